The molecule has 0 aliphatic heterocycles. The van der Waals surface area contributed by atoms with Crippen molar-refractivity contribution >= 4 is 35.2 Å². The number of methoxy groups -OCH3 is 1. The van der Waals surface area contributed by atoms with Gasteiger partial charge in [-0.2, -0.15) is 0 Å². The number of benzene rings is 1. The fraction of sp³-hybridized carbons (Fsp3) is 0.444. The van der Waals surface area contributed by atoms with Gasteiger partial charge < -0.3 is 15.0 Å². The number of aromatic amines is 1. The van der Waals surface area contributed by atoms with Crippen LogP contribution in [0.4, 0.5) is 0 Å². The van der Waals surface area contributed by atoms with Crippen LogP contribution < -0.4 is 10.1 Å². The largest absolute Gasteiger partial charge is 0.496 e. The third-order valence-electron chi connectivity index (χ3n) is 3.53. The number of nitrogens with zero attached hydrogens (tertiary/aromatic N) is 3. The van der Waals surface area contributed by atoms with Crippen LogP contribution in [0.25, 0.3) is 11.4 Å². The van der Waals surface area contributed by atoms with Crippen LogP contribution in [-0.4, -0.2) is 63.9 Å². The van der Waals surface area contributed by atoms with Gasteiger partial charge in [-0.05, 0) is 39.0 Å². The highest BCUT2D eigenvalue weighted by Gasteiger charge is 2.19. The molecular formula is C18H24ClN5O3S. The molecule has 1 aromatic carbocycles. The first-order valence-electron chi connectivity index (χ1n) is 8.53. The highest BCUT2D eigenvalue weighted by atomic mass is 35.5. The second-order valence-electron chi connectivity index (χ2n) is 7.15. The van der Waals surface area contributed by atoms with Crippen molar-refractivity contribution in [1.82, 2.24) is 25.4 Å². The topological polar surface area (TPSA) is 100 Å². The minimum atomic E-state index is -0.341. The molecule has 28 heavy (non-hydrogen) atoms. The van der Waals surface area contributed by atoms with Crippen LogP contribution in [0.5, 0.6) is 5.75 Å². The first-order valence-corrected chi connectivity index (χ1v) is 9.89. The fourth-order valence-electron chi connectivity index (χ4n) is 2.29. The number of halogens is 1. The zero-order chi connectivity index (χ0) is 20.9. The fourth-order valence-corrected chi connectivity index (χ4v) is 3.21. The summed E-state index contributed by atoms with van der Waals surface area (Å²) in [5, 5.41) is 10.7. The second kappa shape index (κ2) is 9.29. The van der Waals surface area contributed by atoms with E-state index in [1.165, 1.54) is 16.7 Å². The zero-order valence-corrected chi connectivity index (χ0v) is 18.1. The maximum absolute atomic E-state index is 12.3. The van der Waals surface area contributed by atoms with Gasteiger partial charge in [-0.15, -0.1) is 5.10 Å². The van der Waals surface area contributed by atoms with Crippen molar-refractivity contribution < 1.29 is 14.3 Å². The predicted octanol–water partition coefficient (Wildman–Crippen LogP) is 2.60. The van der Waals surface area contributed by atoms with E-state index in [1.807, 2.05) is 20.8 Å². The van der Waals surface area contributed by atoms with E-state index in [1.54, 1.807) is 32.4 Å². The molecule has 0 fully saturated rings. The van der Waals surface area contributed by atoms with Gasteiger partial charge in [-0.25, -0.2) is 4.98 Å². The Morgan fingerprint density at radius 3 is 2.71 bits per heavy atom. The lowest BCUT2D eigenvalue weighted by molar-refractivity contribution is -0.133. The molecule has 1 aromatic heterocycles. The molecule has 1 heterocycles. The highest BCUT2D eigenvalue weighted by Crippen LogP contribution is 2.31. The molecule has 2 N–H and O–H groups in total. The number of nitrogens with one attached hydrogen (secondary N) is 2. The number of aromatic nitrogens is 3. The molecule has 152 valence electrons. The van der Waals surface area contributed by atoms with E-state index in [9.17, 15) is 9.59 Å². The monoisotopic (exact) mass is 425 g/mol. The first kappa shape index (κ1) is 22.0. The number of likely N-dealkylation sites (N-methyl/N-ethyl adjacent to an activating group) is 1. The van der Waals surface area contributed by atoms with Crippen molar-refractivity contribution in [3.63, 3.8) is 0 Å². The van der Waals surface area contributed by atoms with Gasteiger partial charge in [-0.1, -0.05) is 23.4 Å². The molecule has 0 spiro atoms. The summed E-state index contributed by atoms with van der Waals surface area (Å²) in [6, 6.07) is 5.19. The predicted molar refractivity (Wildman–Crippen MR) is 110 cm³/mol. The Morgan fingerprint density at radius 2 is 2.07 bits per heavy atom. The average Bonchev–Trinajstić information content (AvgIpc) is 3.06. The minimum absolute atomic E-state index is 0.00434. The van der Waals surface area contributed by atoms with E-state index in [-0.39, 0.29) is 29.7 Å². The molecule has 2 amide bonds. The second-order valence-corrected chi connectivity index (χ2v) is 8.53. The van der Waals surface area contributed by atoms with E-state index in [2.05, 4.69) is 20.5 Å². The Bertz CT molecular complexity index is 850. The first-order chi connectivity index (χ1) is 13.1. The molecule has 0 bridgehead atoms. The number of H-pyrrole nitrogens is 1. The minimum Gasteiger partial charge on any atom is -0.496 e. The molecule has 0 unspecified atom stereocenters. The molecule has 0 radical (unpaired) electrons. The lowest BCUT2D eigenvalue weighted by Crippen LogP contribution is -2.46. The molecule has 8 nitrogen and oxygen atoms in total. The Kier molecular flexibility index (Phi) is 7.31. The Balaban J connectivity index is 1.94. The zero-order valence-electron chi connectivity index (χ0n) is 16.5. The Labute approximate surface area is 173 Å². The number of carbonyl (C=O) groups excluding carboxylic acids is 2. The molecule has 0 atom stereocenters. The third kappa shape index (κ3) is 6.42. The smallest absolute Gasteiger partial charge is 0.240 e. The molecule has 2 aromatic rings. The van der Waals surface area contributed by atoms with Crippen molar-refractivity contribution in [3.8, 4) is 17.1 Å². The summed E-state index contributed by atoms with van der Waals surface area (Å²) >= 11 is 7.22. The van der Waals surface area contributed by atoms with Crippen LogP contribution in [0, 0.1) is 0 Å². The van der Waals surface area contributed by atoms with Crippen LogP contribution in [0.3, 0.4) is 0 Å². The Hall–Kier alpha value is -2.26. The van der Waals surface area contributed by atoms with Crippen molar-refractivity contribution in [2.24, 2.45) is 0 Å². The van der Waals surface area contributed by atoms with Gasteiger partial charge in [-0.3, -0.25) is 14.7 Å². The van der Waals surface area contributed by atoms with Crippen molar-refractivity contribution in [2.45, 2.75) is 31.5 Å². The molecular weight excluding hydrogens is 402 g/mol. The standard InChI is InChI=1S/C18H24ClN5O3S/c1-18(2,3)21-14(25)9-24(4)15(26)10-28-17-20-16(22-23-17)12-8-11(19)6-7-13(12)27-5/h6-8H,9-10H2,1-5H3,(H,21,25)(H,20,22,23). The van der Waals surface area contributed by atoms with Crippen molar-refractivity contribution in [1.29, 1.82) is 0 Å². The number of amides is 2. The molecule has 2 rings (SSSR count). The van der Waals surface area contributed by atoms with Crippen LogP contribution in [-0.2, 0) is 9.59 Å². The molecule has 0 aliphatic carbocycles. The maximum Gasteiger partial charge on any atom is 0.240 e. The summed E-state index contributed by atoms with van der Waals surface area (Å²) in [5.41, 5.74) is 0.337. The summed E-state index contributed by atoms with van der Waals surface area (Å²) in [5.74, 6) is 0.816. The van der Waals surface area contributed by atoms with E-state index >= 15 is 0 Å². The summed E-state index contributed by atoms with van der Waals surface area (Å²) in [4.78, 5) is 29.9. The van der Waals surface area contributed by atoms with Crippen molar-refractivity contribution in [3.05, 3.63) is 23.2 Å². The molecule has 0 aliphatic rings. The van der Waals surface area contributed by atoms with Crippen LogP contribution in [0.1, 0.15) is 20.8 Å². The molecule has 10 heteroatoms. The summed E-state index contributed by atoms with van der Waals surface area (Å²) < 4.78 is 5.31. The lowest BCUT2D eigenvalue weighted by Gasteiger charge is -2.23. The molecule has 0 saturated carbocycles. The summed E-state index contributed by atoms with van der Waals surface area (Å²) in [7, 11) is 3.15. The van der Waals surface area contributed by atoms with E-state index in [0.29, 0.717) is 27.3 Å². The van der Waals surface area contributed by atoms with Crippen molar-refractivity contribution in [2.75, 3.05) is 26.5 Å². The SMILES string of the molecule is COc1ccc(Cl)cc1-c1nc(SCC(=O)N(C)CC(=O)NC(C)(C)C)n[nH]1. The van der Waals surface area contributed by atoms with Gasteiger partial charge in [0, 0.05) is 17.6 Å². The van der Waals surface area contributed by atoms with Crippen LogP contribution >= 0.6 is 23.4 Å². The van der Waals surface area contributed by atoms with Gasteiger partial charge in [0.15, 0.2) is 5.82 Å². The number of hydrogen-bond acceptors (Lipinski definition) is 6. The number of carbonyl (C=O) groups is 2. The highest BCUT2D eigenvalue weighted by molar-refractivity contribution is 7.99. The lowest BCUT2D eigenvalue weighted by atomic mass is 10.1. The average molecular weight is 426 g/mol. The van der Waals surface area contributed by atoms with Gasteiger partial charge in [0.25, 0.3) is 0 Å². The van der Waals surface area contributed by atoms with Gasteiger partial charge in [0.2, 0.25) is 17.0 Å². The maximum atomic E-state index is 12.3. The van der Waals surface area contributed by atoms with E-state index in [4.69, 9.17) is 16.3 Å². The van der Waals surface area contributed by atoms with Crippen LogP contribution in [0.2, 0.25) is 5.02 Å². The quantitative estimate of drug-likeness (QED) is 0.661. The van der Waals surface area contributed by atoms with Crippen LogP contribution in [0.15, 0.2) is 23.4 Å². The van der Waals surface area contributed by atoms with Gasteiger partial charge in [0.05, 0.1) is 25.0 Å². The Morgan fingerprint density at radius 1 is 1.36 bits per heavy atom. The third-order valence-corrected chi connectivity index (χ3v) is 4.59. The van der Waals surface area contributed by atoms with Gasteiger partial charge >= 0.3 is 0 Å². The number of hydrogen-bond donors (Lipinski definition) is 2. The number of ether oxygens (including phenoxy) is 1. The summed E-state index contributed by atoms with van der Waals surface area (Å²) in [6.07, 6.45) is 0. The normalized spacial score (nSPS) is 11.2. The van der Waals surface area contributed by atoms with E-state index in [0.717, 1.165) is 0 Å². The summed E-state index contributed by atoms with van der Waals surface area (Å²) in [6.45, 7) is 5.66. The van der Waals surface area contributed by atoms with Gasteiger partial charge in [0.1, 0.15) is 5.75 Å². The molecule has 0 saturated heterocycles. The number of thioether (sulfide) groups is 1. The van der Waals surface area contributed by atoms with E-state index < -0.39 is 0 Å². The number of rotatable bonds is 7.